The summed E-state index contributed by atoms with van der Waals surface area (Å²) < 4.78 is 5.42. The molecule has 4 rings (SSSR count). The topological polar surface area (TPSA) is 54.5 Å². The monoisotopic (exact) mass is 339 g/mol. The summed E-state index contributed by atoms with van der Waals surface area (Å²) in [6, 6.07) is 7.99. The molecular formula is C20H25N3O2. The molecular weight excluding hydrogens is 314 g/mol. The molecule has 0 unspecified atom stereocenters. The number of carbonyl (C=O) groups excluding carboxylic acids is 1. The Labute approximate surface area is 148 Å². The summed E-state index contributed by atoms with van der Waals surface area (Å²) >= 11 is 0. The van der Waals surface area contributed by atoms with Crippen LogP contribution in [0, 0.1) is 5.92 Å². The van der Waals surface area contributed by atoms with Crippen LogP contribution in [0.2, 0.25) is 0 Å². The number of hydrogen-bond acceptors (Lipinski definition) is 4. The minimum atomic E-state index is 0.0275. The second-order valence-electron chi connectivity index (χ2n) is 6.99. The van der Waals surface area contributed by atoms with E-state index in [1.54, 1.807) is 0 Å². The molecule has 1 aromatic heterocycles. The van der Waals surface area contributed by atoms with Crippen molar-refractivity contribution < 1.29 is 9.53 Å². The van der Waals surface area contributed by atoms with E-state index in [-0.39, 0.29) is 5.91 Å². The van der Waals surface area contributed by atoms with Crippen molar-refractivity contribution in [1.29, 1.82) is 0 Å². The minimum absolute atomic E-state index is 0.0275. The van der Waals surface area contributed by atoms with Crippen LogP contribution >= 0.6 is 0 Å². The number of aromatic nitrogens is 1. The first kappa shape index (κ1) is 16.5. The fourth-order valence-electron chi connectivity index (χ4n) is 3.85. The standard InChI is InChI=1S/C20H25N3O2/c1-2-23-9-7-18-16(12-23)19(15-5-3-4-6-17(15)22-18)20(24)21-11-14-8-10-25-13-14/h3-6,14H,2,7-13H2,1H3,(H,21,24)/t14-/m1/s1. The second kappa shape index (κ2) is 7.10. The highest BCUT2D eigenvalue weighted by atomic mass is 16.5. The van der Waals surface area contributed by atoms with Crippen molar-refractivity contribution >= 4 is 16.8 Å². The molecule has 1 fully saturated rings. The van der Waals surface area contributed by atoms with Crippen molar-refractivity contribution in [3.8, 4) is 0 Å². The smallest absolute Gasteiger partial charge is 0.252 e. The Bertz CT molecular complexity index is 784. The van der Waals surface area contributed by atoms with E-state index in [4.69, 9.17) is 9.72 Å². The van der Waals surface area contributed by atoms with Gasteiger partial charge in [0.2, 0.25) is 0 Å². The van der Waals surface area contributed by atoms with E-state index in [0.717, 1.165) is 73.4 Å². The Balaban J connectivity index is 1.70. The van der Waals surface area contributed by atoms with Crippen LogP contribution in [0.15, 0.2) is 24.3 Å². The number of carbonyl (C=O) groups is 1. The van der Waals surface area contributed by atoms with E-state index < -0.39 is 0 Å². The van der Waals surface area contributed by atoms with Crippen molar-refractivity contribution in [2.75, 3.05) is 32.8 Å². The number of ether oxygens (including phenoxy) is 1. The third kappa shape index (κ3) is 3.26. The van der Waals surface area contributed by atoms with Crippen molar-refractivity contribution in [2.45, 2.75) is 26.3 Å². The van der Waals surface area contributed by atoms with Gasteiger partial charge in [-0.3, -0.25) is 14.7 Å². The number of likely N-dealkylation sites (N-methyl/N-ethyl adjacent to an activating group) is 1. The Hall–Kier alpha value is -1.98. The van der Waals surface area contributed by atoms with E-state index >= 15 is 0 Å². The molecule has 1 aromatic carbocycles. The lowest BCUT2D eigenvalue weighted by Gasteiger charge is -2.29. The number of rotatable bonds is 4. The zero-order chi connectivity index (χ0) is 17.2. The molecule has 2 aliphatic rings. The number of nitrogens with zero attached hydrogens (tertiary/aromatic N) is 2. The molecule has 0 bridgehead atoms. The van der Waals surface area contributed by atoms with Crippen LogP contribution < -0.4 is 5.32 Å². The van der Waals surface area contributed by atoms with Gasteiger partial charge in [0.25, 0.3) is 5.91 Å². The average Bonchev–Trinajstić information content (AvgIpc) is 3.17. The maximum absolute atomic E-state index is 13.1. The molecule has 5 nitrogen and oxygen atoms in total. The van der Waals surface area contributed by atoms with Crippen molar-refractivity contribution in [3.63, 3.8) is 0 Å². The van der Waals surface area contributed by atoms with Gasteiger partial charge in [0.05, 0.1) is 17.7 Å². The third-order valence-electron chi connectivity index (χ3n) is 5.38. The van der Waals surface area contributed by atoms with Gasteiger partial charge < -0.3 is 10.1 Å². The average molecular weight is 339 g/mol. The molecule has 5 heteroatoms. The lowest BCUT2D eigenvalue weighted by atomic mass is 9.95. The van der Waals surface area contributed by atoms with Crippen LogP contribution in [-0.2, 0) is 17.7 Å². The Morgan fingerprint density at radius 1 is 1.40 bits per heavy atom. The van der Waals surface area contributed by atoms with E-state index in [9.17, 15) is 4.79 Å². The molecule has 3 heterocycles. The minimum Gasteiger partial charge on any atom is -0.381 e. The molecule has 2 aromatic rings. The van der Waals surface area contributed by atoms with Crippen LogP contribution in [-0.4, -0.2) is 48.6 Å². The zero-order valence-electron chi connectivity index (χ0n) is 14.8. The maximum Gasteiger partial charge on any atom is 0.252 e. The summed E-state index contributed by atoms with van der Waals surface area (Å²) in [7, 11) is 0. The molecule has 25 heavy (non-hydrogen) atoms. The van der Waals surface area contributed by atoms with Crippen molar-refractivity contribution in [3.05, 3.63) is 41.1 Å². The Kier molecular flexibility index (Phi) is 4.68. The molecule has 1 saturated heterocycles. The predicted molar refractivity (Wildman–Crippen MR) is 97.7 cm³/mol. The van der Waals surface area contributed by atoms with E-state index in [1.807, 2.05) is 24.3 Å². The molecule has 0 saturated carbocycles. The normalized spacial score (nSPS) is 20.6. The van der Waals surface area contributed by atoms with Crippen molar-refractivity contribution in [2.24, 2.45) is 5.92 Å². The summed E-state index contributed by atoms with van der Waals surface area (Å²) in [5.74, 6) is 0.458. The summed E-state index contributed by atoms with van der Waals surface area (Å²) in [4.78, 5) is 20.3. The molecule has 0 aliphatic carbocycles. The summed E-state index contributed by atoms with van der Waals surface area (Å²) in [6.45, 7) is 7.21. The number of pyridine rings is 1. The maximum atomic E-state index is 13.1. The quantitative estimate of drug-likeness (QED) is 0.929. The summed E-state index contributed by atoms with van der Waals surface area (Å²) in [6.07, 6.45) is 1.93. The Morgan fingerprint density at radius 3 is 3.08 bits per heavy atom. The highest BCUT2D eigenvalue weighted by Crippen LogP contribution is 2.28. The highest BCUT2D eigenvalue weighted by Gasteiger charge is 2.26. The SMILES string of the molecule is CCN1CCc2nc3ccccc3c(C(=O)NC[C@H]3CCOC3)c2C1. The number of amides is 1. The van der Waals surface area contributed by atoms with Crippen LogP contribution in [0.3, 0.4) is 0 Å². The van der Waals surface area contributed by atoms with E-state index in [2.05, 4.69) is 17.1 Å². The Morgan fingerprint density at radius 2 is 2.28 bits per heavy atom. The number of benzene rings is 1. The molecule has 1 N–H and O–H groups in total. The van der Waals surface area contributed by atoms with E-state index in [0.29, 0.717) is 12.5 Å². The van der Waals surface area contributed by atoms with Crippen LogP contribution in [0.5, 0.6) is 0 Å². The number of nitrogens with one attached hydrogen (secondary N) is 1. The lowest BCUT2D eigenvalue weighted by Crippen LogP contribution is -2.35. The van der Waals surface area contributed by atoms with Crippen LogP contribution in [0.25, 0.3) is 10.9 Å². The van der Waals surface area contributed by atoms with Gasteiger partial charge in [0.1, 0.15) is 0 Å². The lowest BCUT2D eigenvalue weighted by molar-refractivity contribution is 0.0943. The third-order valence-corrected chi connectivity index (χ3v) is 5.38. The largest absolute Gasteiger partial charge is 0.381 e. The molecule has 132 valence electrons. The van der Waals surface area contributed by atoms with Gasteiger partial charge in [-0.1, -0.05) is 25.1 Å². The molecule has 1 amide bonds. The predicted octanol–water partition coefficient (Wildman–Crippen LogP) is 2.38. The summed E-state index contributed by atoms with van der Waals surface area (Å²) in [5, 5.41) is 4.11. The van der Waals surface area contributed by atoms with Crippen LogP contribution in [0.4, 0.5) is 0 Å². The van der Waals surface area contributed by atoms with Gasteiger partial charge in [0.15, 0.2) is 0 Å². The van der Waals surface area contributed by atoms with Gasteiger partial charge >= 0.3 is 0 Å². The highest BCUT2D eigenvalue weighted by molar-refractivity contribution is 6.07. The van der Waals surface area contributed by atoms with Gasteiger partial charge in [0, 0.05) is 55.2 Å². The summed E-state index contributed by atoms with van der Waals surface area (Å²) in [5.41, 5.74) is 3.92. The van der Waals surface area contributed by atoms with Gasteiger partial charge in [-0.15, -0.1) is 0 Å². The zero-order valence-corrected chi connectivity index (χ0v) is 14.8. The van der Waals surface area contributed by atoms with Crippen LogP contribution in [0.1, 0.15) is 35.0 Å². The molecule has 1 atom stereocenters. The molecule has 0 spiro atoms. The van der Waals surface area contributed by atoms with Gasteiger partial charge in [-0.2, -0.15) is 0 Å². The van der Waals surface area contributed by atoms with Crippen molar-refractivity contribution in [1.82, 2.24) is 15.2 Å². The van der Waals surface area contributed by atoms with Gasteiger partial charge in [-0.25, -0.2) is 0 Å². The first-order chi connectivity index (χ1) is 12.3. The fraction of sp³-hybridized carbons (Fsp3) is 0.500. The number of hydrogen-bond donors (Lipinski definition) is 1. The first-order valence-corrected chi connectivity index (χ1v) is 9.25. The fourth-order valence-corrected chi connectivity index (χ4v) is 3.85. The number of fused-ring (bicyclic) bond motifs is 2. The molecule has 2 aliphatic heterocycles. The van der Waals surface area contributed by atoms with Gasteiger partial charge in [-0.05, 0) is 19.0 Å². The molecule has 0 radical (unpaired) electrons. The van der Waals surface area contributed by atoms with E-state index in [1.165, 1.54) is 0 Å². The number of para-hydroxylation sites is 1. The second-order valence-corrected chi connectivity index (χ2v) is 6.99. The first-order valence-electron chi connectivity index (χ1n) is 9.25.